The summed E-state index contributed by atoms with van der Waals surface area (Å²) in [5.41, 5.74) is 9.09. The van der Waals surface area contributed by atoms with Crippen LogP contribution in [0.25, 0.3) is 10.9 Å². The monoisotopic (exact) mass is 228 g/mol. The van der Waals surface area contributed by atoms with Crippen molar-refractivity contribution in [2.24, 2.45) is 24.1 Å². The van der Waals surface area contributed by atoms with Gasteiger partial charge in [0, 0.05) is 13.2 Å². The van der Waals surface area contributed by atoms with E-state index in [1.54, 1.807) is 0 Å². The van der Waals surface area contributed by atoms with Crippen molar-refractivity contribution in [3.8, 4) is 0 Å². The summed E-state index contributed by atoms with van der Waals surface area (Å²) in [6, 6.07) is 8.81. The van der Waals surface area contributed by atoms with E-state index in [-0.39, 0.29) is 0 Å². The molecule has 1 aromatic carbocycles. The van der Waals surface area contributed by atoms with E-state index in [2.05, 4.69) is 55.9 Å². The lowest BCUT2D eigenvalue weighted by Crippen LogP contribution is -2.05. The average molecular weight is 228 g/mol. The predicted octanol–water partition coefficient (Wildman–Crippen LogP) is 2.88. The molecule has 2 N–H and O–H groups in total. The Kier molecular flexibility index (Phi) is 2.14. The van der Waals surface area contributed by atoms with Gasteiger partial charge in [0.05, 0.1) is 5.52 Å². The van der Waals surface area contributed by atoms with Gasteiger partial charge in [0.1, 0.15) is 0 Å². The van der Waals surface area contributed by atoms with Crippen LogP contribution in [0, 0.1) is 11.3 Å². The maximum absolute atomic E-state index is 5.89. The molecule has 0 spiro atoms. The highest BCUT2D eigenvalue weighted by Crippen LogP contribution is 2.64. The van der Waals surface area contributed by atoms with Crippen LogP contribution in [0.2, 0.25) is 0 Å². The minimum Gasteiger partial charge on any atom is -0.350 e. The van der Waals surface area contributed by atoms with Crippen LogP contribution in [0.3, 0.4) is 0 Å². The Labute approximate surface area is 102 Å². The zero-order valence-electron chi connectivity index (χ0n) is 10.8. The van der Waals surface area contributed by atoms with E-state index < -0.39 is 0 Å². The van der Waals surface area contributed by atoms with Crippen LogP contribution < -0.4 is 5.73 Å². The van der Waals surface area contributed by atoms with Crippen molar-refractivity contribution < 1.29 is 0 Å². The molecule has 17 heavy (non-hydrogen) atoms. The topological polar surface area (TPSA) is 30.9 Å². The van der Waals surface area contributed by atoms with E-state index in [0.717, 1.165) is 6.54 Å². The molecule has 2 aromatic rings. The van der Waals surface area contributed by atoms with Gasteiger partial charge in [-0.1, -0.05) is 32.0 Å². The molecule has 0 bridgehead atoms. The van der Waals surface area contributed by atoms with Crippen molar-refractivity contribution in [2.75, 3.05) is 6.54 Å². The predicted molar refractivity (Wildman–Crippen MR) is 72.0 cm³/mol. The van der Waals surface area contributed by atoms with E-state index in [4.69, 9.17) is 5.73 Å². The number of fused-ring (bicyclic) bond motifs is 1. The average Bonchev–Trinajstić information content (AvgIpc) is 2.64. The molecular weight excluding hydrogens is 208 g/mol. The van der Waals surface area contributed by atoms with Crippen LogP contribution in [0.15, 0.2) is 30.5 Å². The van der Waals surface area contributed by atoms with Gasteiger partial charge in [-0.15, -0.1) is 0 Å². The molecule has 2 atom stereocenters. The van der Waals surface area contributed by atoms with Gasteiger partial charge in [0.2, 0.25) is 0 Å². The molecule has 1 heterocycles. The van der Waals surface area contributed by atoms with E-state index in [1.165, 1.54) is 16.5 Å². The van der Waals surface area contributed by atoms with E-state index >= 15 is 0 Å². The molecule has 0 amide bonds. The fourth-order valence-electron chi connectivity index (χ4n) is 3.44. The molecule has 2 heteroatoms. The largest absolute Gasteiger partial charge is 0.350 e. The lowest BCUT2D eigenvalue weighted by Gasteiger charge is -2.07. The van der Waals surface area contributed by atoms with E-state index in [1.807, 2.05) is 0 Å². The van der Waals surface area contributed by atoms with Gasteiger partial charge in [0.25, 0.3) is 0 Å². The minimum atomic E-state index is 0.354. The van der Waals surface area contributed by atoms with E-state index in [0.29, 0.717) is 17.3 Å². The lowest BCUT2D eigenvalue weighted by molar-refractivity contribution is 0.559. The van der Waals surface area contributed by atoms with Gasteiger partial charge in [0.15, 0.2) is 0 Å². The SMILES string of the molecule is Cn1ccc2cccc(C3C(CN)C3(C)C)c21. The maximum Gasteiger partial charge on any atom is 0.0513 e. The fraction of sp³-hybridized carbons (Fsp3) is 0.467. The van der Waals surface area contributed by atoms with Crippen molar-refractivity contribution in [2.45, 2.75) is 19.8 Å². The van der Waals surface area contributed by atoms with Gasteiger partial charge in [-0.05, 0) is 40.8 Å². The second kappa shape index (κ2) is 3.36. The number of aryl methyl sites for hydroxylation is 1. The summed E-state index contributed by atoms with van der Waals surface area (Å²) in [4.78, 5) is 0. The Bertz CT molecular complexity index is 565. The molecule has 90 valence electrons. The van der Waals surface area contributed by atoms with Crippen LogP contribution in [0.1, 0.15) is 25.3 Å². The highest BCUT2D eigenvalue weighted by molar-refractivity contribution is 5.84. The molecular formula is C15H20N2. The third-order valence-corrected chi connectivity index (χ3v) is 4.57. The van der Waals surface area contributed by atoms with Gasteiger partial charge in [-0.2, -0.15) is 0 Å². The Morgan fingerprint density at radius 1 is 1.29 bits per heavy atom. The van der Waals surface area contributed by atoms with Crippen LogP contribution in [-0.4, -0.2) is 11.1 Å². The summed E-state index contributed by atoms with van der Waals surface area (Å²) in [7, 11) is 2.12. The molecule has 3 rings (SSSR count). The first-order valence-electron chi connectivity index (χ1n) is 6.31. The van der Waals surface area contributed by atoms with Crippen molar-refractivity contribution >= 4 is 10.9 Å². The highest BCUT2D eigenvalue weighted by atomic mass is 14.9. The number of nitrogens with two attached hydrogens (primary N) is 1. The van der Waals surface area contributed by atoms with Gasteiger partial charge >= 0.3 is 0 Å². The Morgan fingerprint density at radius 2 is 2.06 bits per heavy atom. The second-order valence-corrected chi connectivity index (χ2v) is 5.85. The molecule has 1 saturated carbocycles. The summed E-state index contributed by atoms with van der Waals surface area (Å²) in [5, 5.41) is 1.34. The molecule has 1 aromatic heterocycles. The number of para-hydroxylation sites is 1. The normalized spacial score (nSPS) is 26.4. The number of hydrogen-bond donors (Lipinski definition) is 1. The van der Waals surface area contributed by atoms with Gasteiger partial charge in [-0.3, -0.25) is 0 Å². The standard InChI is InChI=1S/C15H20N2/c1-15(2)12(9-16)13(15)11-6-4-5-10-7-8-17(3)14(10)11/h4-8,12-13H,9,16H2,1-3H3. The molecule has 0 aliphatic heterocycles. The molecule has 1 aliphatic carbocycles. The third kappa shape index (κ3) is 1.37. The van der Waals surface area contributed by atoms with Crippen LogP contribution in [0.4, 0.5) is 0 Å². The summed E-state index contributed by atoms with van der Waals surface area (Å²) < 4.78 is 2.23. The first-order valence-corrected chi connectivity index (χ1v) is 6.31. The Balaban J connectivity index is 2.16. The number of nitrogens with zero attached hydrogens (tertiary/aromatic N) is 1. The lowest BCUT2D eigenvalue weighted by atomic mass is 10.0. The zero-order valence-corrected chi connectivity index (χ0v) is 10.8. The molecule has 1 fully saturated rings. The maximum atomic E-state index is 5.89. The van der Waals surface area contributed by atoms with Crippen LogP contribution in [-0.2, 0) is 7.05 Å². The summed E-state index contributed by atoms with van der Waals surface area (Å²) in [5.74, 6) is 1.24. The first-order chi connectivity index (χ1) is 8.07. The number of rotatable bonds is 2. The Hall–Kier alpha value is -1.28. The Morgan fingerprint density at radius 3 is 2.71 bits per heavy atom. The molecule has 1 aliphatic rings. The number of benzene rings is 1. The quantitative estimate of drug-likeness (QED) is 0.842. The van der Waals surface area contributed by atoms with E-state index in [9.17, 15) is 0 Å². The smallest absolute Gasteiger partial charge is 0.0513 e. The van der Waals surface area contributed by atoms with Crippen molar-refractivity contribution in [1.82, 2.24) is 4.57 Å². The summed E-state index contributed by atoms with van der Waals surface area (Å²) >= 11 is 0. The van der Waals surface area contributed by atoms with Crippen molar-refractivity contribution in [3.63, 3.8) is 0 Å². The molecule has 2 unspecified atom stereocenters. The molecule has 0 saturated heterocycles. The number of aromatic nitrogens is 1. The van der Waals surface area contributed by atoms with Gasteiger partial charge < -0.3 is 10.3 Å². The molecule has 2 nitrogen and oxygen atoms in total. The summed E-state index contributed by atoms with van der Waals surface area (Å²) in [6.07, 6.45) is 2.14. The van der Waals surface area contributed by atoms with Crippen molar-refractivity contribution in [1.29, 1.82) is 0 Å². The van der Waals surface area contributed by atoms with Crippen LogP contribution in [0.5, 0.6) is 0 Å². The van der Waals surface area contributed by atoms with Gasteiger partial charge in [-0.25, -0.2) is 0 Å². The van der Waals surface area contributed by atoms with Crippen molar-refractivity contribution in [3.05, 3.63) is 36.0 Å². The second-order valence-electron chi connectivity index (χ2n) is 5.85. The molecule has 0 radical (unpaired) electrons. The first kappa shape index (κ1) is 10.8. The van der Waals surface area contributed by atoms with Crippen LogP contribution >= 0.6 is 0 Å². The highest BCUT2D eigenvalue weighted by Gasteiger charge is 2.57. The summed E-state index contributed by atoms with van der Waals surface area (Å²) in [6.45, 7) is 5.45. The third-order valence-electron chi connectivity index (χ3n) is 4.57. The minimum absolute atomic E-state index is 0.354. The fourth-order valence-corrected chi connectivity index (χ4v) is 3.44. The zero-order chi connectivity index (χ0) is 12.2. The number of hydrogen-bond acceptors (Lipinski definition) is 1.